The molecule has 1 heterocycles. The summed E-state index contributed by atoms with van der Waals surface area (Å²) >= 11 is 0. The van der Waals surface area contributed by atoms with E-state index in [4.69, 9.17) is 4.74 Å². The molecule has 3 rings (SSSR count). The molecule has 0 spiro atoms. The van der Waals surface area contributed by atoms with Crippen molar-refractivity contribution in [3.05, 3.63) is 48.4 Å². The Hall–Kier alpha value is -2.43. The highest BCUT2D eigenvalue weighted by Gasteiger charge is 2.18. The van der Waals surface area contributed by atoms with Crippen LogP contribution in [0.2, 0.25) is 0 Å². The molecule has 0 bridgehead atoms. The van der Waals surface area contributed by atoms with E-state index in [2.05, 4.69) is 22.2 Å². The Bertz CT molecular complexity index is 684. The molecular formula is C20H25N3O2. The number of carbonyl (C=O) groups excluding carboxylic acids is 1. The molecule has 0 saturated heterocycles. The first-order valence-corrected chi connectivity index (χ1v) is 9.05. The smallest absolute Gasteiger partial charge is 0.251 e. The number of rotatable bonds is 6. The number of ether oxygens (including phenoxy) is 1. The van der Waals surface area contributed by atoms with Crippen molar-refractivity contribution in [1.82, 2.24) is 15.3 Å². The van der Waals surface area contributed by atoms with Crippen LogP contribution >= 0.6 is 0 Å². The maximum absolute atomic E-state index is 12.5. The number of carbonyl (C=O) groups is 1. The first kappa shape index (κ1) is 17.4. The monoisotopic (exact) mass is 339 g/mol. The quantitative estimate of drug-likeness (QED) is 0.849. The standard InChI is InChI=1S/C20H25N3O2/c1-15(12-16-6-3-2-4-7-16)23-20(24)17-8-5-9-18(13-17)25-19-14-21-10-11-22-19/h5,8-11,13-16H,2-4,6-7,12H2,1H3,(H,23,24)/t15-/m1/s1. The number of benzene rings is 1. The lowest BCUT2D eigenvalue weighted by Crippen LogP contribution is -2.34. The number of aromatic nitrogens is 2. The van der Waals surface area contributed by atoms with Crippen molar-refractivity contribution in [2.45, 2.75) is 51.5 Å². The molecule has 5 nitrogen and oxygen atoms in total. The van der Waals surface area contributed by atoms with Crippen molar-refractivity contribution < 1.29 is 9.53 Å². The third-order valence-electron chi connectivity index (χ3n) is 4.65. The molecule has 1 aliphatic carbocycles. The van der Waals surface area contributed by atoms with Crippen LogP contribution < -0.4 is 10.1 Å². The van der Waals surface area contributed by atoms with Crippen LogP contribution in [0.3, 0.4) is 0 Å². The Balaban J connectivity index is 1.57. The van der Waals surface area contributed by atoms with Gasteiger partial charge in [0.2, 0.25) is 5.88 Å². The van der Waals surface area contributed by atoms with Crippen molar-refractivity contribution in [2.75, 3.05) is 0 Å². The second-order valence-electron chi connectivity index (χ2n) is 6.79. The maximum atomic E-state index is 12.5. The summed E-state index contributed by atoms with van der Waals surface area (Å²) in [5.41, 5.74) is 0.594. The zero-order valence-electron chi connectivity index (χ0n) is 14.6. The van der Waals surface area contributed by atoms with Gasteiger partial charge in [0.15, 0.2) is 0 Å². The predicted octanol–water partition coefficient (Wildman–Crippen LogP) is 4.36. The fourth-order valence-electron chi connectivity index (χ4n) is 3.45. The molecule has 0 aliphatic heterocycles. The Morgan fingerprint density at radius 1 is 1.28 bits per heavy atom. The topological polar surface area (TPSA) is 64.1 Å². The van der Waals surface area contributed by atoms with Gasteiger partial charge in [-0.25, -0.2) is 4.98 Å². The van der Waals surface area contributed by atoms with E-state index in [0.717, 1.165) is 12.3 Å². The van der Waals surface area contributed by atoms with Crippen LogP contribution in [0.15, 0.2) is 42.9 Å². The predicted molar refractivity (Wildman–Crippen MR) is 96.7 cm³/mol. The van der Waals surface area contributed by atoms with Gasteiger partial charge < -0.3 is 10.1 Å². The number of hydrogen-bond acceptors (Lipinski definition) is 4. The lowest BCUT2D eigenvalue weighted by Gasteiger charge is -2.25. The average Bonchev–Trinajstić information content (AvgIpc) is 2.63. The van der Waals surface area contributed by atoms with Gasteiger partial charge in [-0.15, -0.1) is 0 Å². The third-order valence-corrected chi connectivity index (χ3v) is 4.65. The van der Waals surface area contributed by atoms with Gasteiger partial charge in [-0.1, -0.05) is 38.2 Å². The van der Waals surface area contributed by atoms with Crippen LogP contribution in [-0.4, -0.2) is 21.9 Å². The summed E-state index contributed by atoms with van der Waals surface area (Å²) in [6, 6.07) is 7.33. The first-order valence-electron chi connectivity index (χ1n) is 9.05. The molecule has 1 fully saturated rings. The summed E-state index contributed by atoms with van der Waals surface area (Å²) in [5, 5.41) is 3.11. The fourth-order valence-corrected chi connectivity index (χ4v) is 3.45. The molecule has 1 amide bonds. The van der Waals surface area contributed by atoms with Gasteiger partial charge >= 0.3 is 0 Å². The molecule has 1 atom stereocenters. The molecule has 1 aromatic carbocycles. The minimum atomic E-state index is -0.0621. The first-order chi connectivity index (χ1) is 12.2. The SMILES string of the molecule is C[C@H](CC1CCCCC1)NC(=O)c1cccc(Oc2cnccn2)c1. The van der Waals surface area contributed by atoms with Crippen molar-refractivity contribution in [3.8, 4) is 11.6 Å². The Kier molecular flexibility index (Phi) is 5.99. The van der Waals surface area contributed by atoms with Crippen LogP contribution in [-0.2, 0) is 0 Å². The third kappa shape index (κ3) is 5.28. The van der Waals surface area contributed by atoms with Crippen LogP contribution in [0.1, 0.15) is 55.8 Å². The van der Waals surface area contributed by atoms with Crippen LogP contribution in [0.4, 0.5) is 0 Å². The average molecular weight is 339 g/mol. The zero-order chi connectivity index (χ0) is 17.5. The number of nitrogens with one attached hydrogen (secondary N) is 1. The summed E-state index contributed by atoms with van der Waals surface area (Å²) in [7, 11) is 0. The van der Waals surface area contributed by atoms with Crippen molar-refractivity contribution in [2.24, 2.45) is 5.92 Å². The van der Waals surface area contributed by atoms with E-state index in [-0.39, 0.29) is 11.9 Å². The largest absolute Gasteiger partial charge is 0.437 e. The van der Waals surface area contributed by atoms with Crippen molar-refractivity contribution in [3.63, 3.8) is 0 Å². The molecule has 132 valence electrons. The minimum absolute atomic E-state index is 0.0621. The van der Waals surface area contributed by atoms with E-state index in [1.165, 1.54) is 32.1 Å². The second kappa shape index (κ2) is 8.60. The number of amides is 1. The lowest BCUT2D eigenvalue weighted by atomic mass is 9.85. The van der Waals surface area contributed by atoms with Crippen LogP contribution in [0.25, 0.3) is 0 Å². The van der Waals surface area contributed by atoms with Crippen molar-refractivity contribution in [1.29, 1.82) is 0 Å². The molecule has 1 aliphatic rings. The normalized spacial score (nSPS) is 16.2. The molecule has 1 N–H and O–H groups in total. The van der Waals surface area contributed by atoms with E-state index in [1.54, 1.807) is 36.8 Å². The van der Waals surface area contributed by atoms with Gasteiger partial charge in [0, 0.05) is 24.0 Å². The lowest BCUT2D eigenvalue weighted by molar-refractivity contribution is 0.0932. The van der Waals surface area contributed by atoms with Crippen LogP contribution in [0, 0.1) is 5.92 Å². The Labute approximate surface area is 148 Å². The molecule has 1 saturated carbocycles. The zero-order valence-corrected chi connectivity index (χ0v) is 14.6. The number of hydrogen-bond donors (Lipinski definition) is 1. The highest BCUT2D eigenvalue weighted by Crippen LogP contribution is 2.27. The fraction of sp³-hybridized carbons (Fsp3) is 0.450. The van der Waals surface area contributed by atoms with E-state index < -0.39 is 0 Å². The van der Waals surface area contributed by atoms with Crippen LogP contribution in [0.5, 0.6) is 11.6 Å². The summed E-state index contributed by atoms with van der Waals surface area (Å²) < 4.78 is 5.64. The van der Waals surface area contributed by atoms with E-state index in [9.17, 15) is 4.79 Å². The maximum Gasteiger partial charge on any atom is 0.251 e. The second-order valence-corrected chi connectivity index (χ2v) is 6.79. The number of nitrogens with zero attached hydrogens (tertiary/aromatic N) is 2. The molecule has 2 aromatic rings. The Morgan fingerprint density at radius 2 is 2.12 bits per heavy atom. The van der Waals surface area contributed by atoms with Gasteiger partial charge in [0.05, 0.1) is 6.20 Å². The highest BCUT2D eigenvalue weighted by molar-refractivity contribution is 5.94. The van der Waals surface area contributed by atoms with Gasteiger partial charge in [0.1, 0.15) is 5.75 Å². The molecule has 5 heteroatoms. The summed E-state index contributed by atoms with van der Waals surface area (Å²) in [6.45, 7) is 2.09. The highest BCUT2D eigenvalue weighted by atomic mass is 16.5. The van der Waals surface area contributed by atoms with Gasteiger partial charge in [0.25, 0.3) is 5.91 Å². The minimum Gasteiger partial charge on any atom is -0.437 e. The molecule has 0 radical (unpaired) electrons. The van der Waals surface area contributed by atoms with E-state index in [1.807, 2.05) is 6.07 Å². The molecule has 1 aromatic heterocycles. The van der Waals surface area contributed by atoms with Gasteiger partial charge in [-0.2, -0.15) is 0 Å². The Morgan fingerprint density at radius 3 is 2.88 bits per heavy atom. The van der Waals surface area contributed by atoms with Gasteiger partial charge in [-0.3, -0.25) is 9.78 Å². The summed E-state index contributed by atoms with van der Waals surface area (Å²) in [4.78, 5) is 20.5. The van der Waals surface area contributed by atoms with E-state index in [0.29, 0.717) is 17.2 Å². The summed E-state index contributed by atoms with van der Waals surface area (Å²) in [6.07, 6.45) is 12.4. The molecular weight excluding hydrogens is 314 g/mol. The molecule has 25 heavy (non-hydrogen) atoms. The molecule has 0 unspecified atom stereocenters. The van der Waals surface area contributed by atoms with E-state index >= 15 is 0 Å². The van der Waals surface area contributed by atoms with Crippen molar-refractivity contribution >= 4 is 5.91 Å². The summed E-state index contributed by atoms with van der Waals surface area (Å²) in [5.74, 6) is 1.67. The van der Waals surface area contributed by atoms with Gasteiger partial charge in [-0.05, 0) is 37.5 Å².